The third-order valence-corrected chi connectivity index (χ3v) is 5.08. The molecule has 0 spiro atoms. The highest BCUT2D eigenvalue weighted by molar-refractivity contribution is 14.0. The summed E-state index contributed by atoms with van der Waals surface area (Å²) in [5.41, 5.74) is 2.59. The van der Waals surface area contributed by atoms with E-state index in [1.54, 1.807) is 0 Å². The number of rotatable bonds is 4. The first-order chi connectivity index (χ1) is 12.2. The van der Waals surface area contributed by atoms with Gasteiger partial charge in [-0.3, -0.25) is 4.68 Å². The molecule has 1 N–H and O–H groups in total. The lowest BCUT2D eigenvalue weighted by Crippen LogP contribution is -2.48. The maximum atomic E-state index is 4.84. The van der Waals surface area contributed by atoms with Gasteiger partial charge in [0.05, 0.1) is 12.2 Å². The number of aryl methyl sites for hydroxylation is 1. The van der Waals surface area contributed by atoms with Gasteiger partial charge in [-0.15, -0.1) is 24.0 Å². The Hall–Kier alpha value is -1.57. The number of piperidine rings is 1. The summed E-state index contributed by atoms with van der Waals surface area (Å²) in [5, 5.41) is 7.68. The van der Waals surface area contributed by atoms with Gasteiger partial charge in [0.15, 0.2) is 5.96 Å². The van der Waals surface area contributed by atoms with Gasteiger partial charge in [-0.1, -0.05) is 37.3 Å². The third kappa shape index (κ3) is 4.99. The number of likely N-dealkylation sites (tertiary alicyclic amines) is 1. The van der Waals surface area contributed by atoms with Crippen molar-refractivity contribution in [2.24, 2.45) is 18.0 Å². The smallest absolute Gasteiger partial charge is 0.194 e. The summed E-state index contributed by atoms with van der Waals surface area (Å²) in [6, 6.07) is 12.9. The SMILES string of the molecule is CCNC(=NCc1ccnn1C)N1CCC(c2ccccc2)C(C)C1.I. The van der Waals surface area contributed by atoms with Crippen molar-refractivity contribution in [3.05, 3.63) is 53.9 Å². The summed E-state index contributed by atoms with van der Waals surface area (Å²) in [5.74, 6) is 2.26. The fourth-order valence-corrected chi connectivity index (χ4v) is 3.67. The van der Waals surface area contributed by atoms with Crippen molar-refractivity contribution in [3.63, 3.8) is 0 Å². The molecule has 6 heteroatoms. The fourth-order valence-electron chi connectivity index (χ4n) is 3.67. The highest BCUT2D eigenvalue weighted by Crippen LogP contribution is 2.32. The Morgan fingerprint density at radius 1 is 1.27 bits per heavy atom. The number of hydrogen-bond acceptors (Lipinski definition) is 2. The lowest BCUT2D eigenvalue weighted by atomic mass is 9.82. The Morgan fingerprint density at radius 2 is 2.04 bits per heavy atom. The van der Waals surface area contributed by atoms with Crippen LogP contribution in [0.5, 0.6) is 0 Å². The summed E-state index contributed by atoms with van der Waals surface area (Å²) in [6.07, 6.45) is 2.99. The molecular formula is C20H30IN5. The van der Waals surface area contributed by atoms with Crippen LogP contribution >= 0.6 is 24.0 Å². The van der Waals surface area contributed by atoms with Crippen LogP contribution < -0.4 is 5.32 Å². The van der Waals surface area contributed by atoms with Crippen molar-refractivity contribution < 1.29 is 0 Å². The van der Waals surface area contributed by atoms with Crippen LogP contribution in [0, 0.1) is 5.92 Å². The van der Waals surface area contributed by atoms with Crippen molar-refractivity contribution in [3.8, 4) is 0 Å². The number of guanidine groups is 1. The second kappa shape index (κ2) is 9.94. The van der Waals surface area contributed by atoms with E-state index in [0.717, 1.165) is 31.3 Å². The summed E-state index contributed by atoms with van der Waals surface area (Å²) < 4.78 is 1.89. The monoisotopic (exact) mass is 467 g/mol. The van der Waals surface area contributed by atoms with Crippen LogP contribution in [0.25, 0.3) is 0 Å². The minimum absolute atomic E-state index is 0. The van der Waals surface area contributed by atoms with E-state index in [1.165, 1.54) is 12.0 Å². The molecule has 2 unspecified atom stereocenters. The molecule has 0 bridgehead atoms. The Bertz CT molecular complexity index is 697. The zero-order chi connectivity index (χ0) is 17.6. The molecule has 1 fully saturated rings. The first-order valence-corrected chi connectivity index (χ1v) is 9.24. The number of nitrogens with one attached hydrogen (secondary N) is 1. The molecule has 0 amide bonds. The van der Waals surface area contributed by atoms with Crippen molar-refractivity contribution in [1.29, 1.82) is 0 Å². The van der Waals surface area contributed by atoms with Crippen LogP contribution in [-0.2, 0) is 13.6 Å². The average molecular weight is 467 g/mol. The fraction of sp³-hybridized carbons (Fsp3) is 0.500. The van der Waals surface area contributed by atoms with Crippen LogP contribution in [0.1, 0.15) is 37.4 Å². The Balaban J connectivity index is 0.00000243. The molecule has 1 aromatic heterocycles. The number of halogens is 1. The molecule has 26 heavy (non-hydrogen) atoms. The van der Waals surface area contributed by atoms with Gasteiger partial charge in [0, 0.05) is 32.9 Å². The summed E-state index contributed by atoms with van der Waals surface area (Å²) >= 11 is 0. The molecule has 2 atom stereocenters. The van der Waals surface area contributed by atoms with Crippen LogP contribution in [0.4, 0.5) is 0 Å². The van der Waals surface area contributed by atoms with Gasteiger partial charge in [0.2, 0.25) is 0 Å². The molecule has 1 saturated heterocycles. The molecule has 5 nitrogen and oxygen atoms in total. The van der Waals surface area contributed by atoms with Gasteiger partial charge in [0.1, 0.15) is 0 Å². The van der Waals surface area contributed by atoms with Crippen molar-refractivity contribution in [2.75, 3.05) is 19.6 Å². The molecule has 0 aliphatic carbocycles. The van der Waals surface area contributed by atoms with Gasteiger partial charge >= 0.3 is 0 Å². The maximum absolute atomic E-state index is 4.84. The van der Waals surface area contributed by atoms with E-state index in [0.29, 0.717) is 18.4 Å². The number of benzene rings is 1. The normalized spacial score (nSPS) is 20.6. The molecular weight excluding hydrogens is 437 g/mol. The Kier molecular flexibility index (Phi) is 7.93. The van der Waals surface area contributed by atoms with Gasteiger partial charge in [-0.25, -0.2) is 4.99 Å². The Labute approximate surface area is 173 Å². The van der Waals surface area contributed by atoms with Gasteiger partial charge < -0.3 is 10.2 Å². The zero-order valence-corrected chi connectivity index (χ0v) is 18.3. The zero-order valence-electron chi connectivity index (χ0n) is 15.9. The lowest BCUT2D eigenvalue weighted by Gasteiger charge is -2.39. The molecule has 3 rings (SSSR count). The van der Waals surface area contributed by atoms with E-state index < -0.39 is 0 Å². The standard InChI is InChI=1S/C20H29N5.HI/c1-4-21-20(22-14-18-10-12-23-24(18)3)25-13-11-19(16(2)15-25)17-8-6-5-7-9-17;/h5-10,12,16,19H,4,11,13-15H2,1-3H3,(H,21,22);1H. The molecule has 1 aliphatic heterocycles. The van der Waals surface area contributed by atoms with Crippen molar-refractivity contribution >= 4 is 29.9 Å². The average Bonchev–Trinajstić information content (AvgIpc) is 3.04. The predicted octanol–water partition coefficient (Wildman–Crippen LogP) is 3.63. The molecule has 0 radical (unpaired) electrons. The van der Waals surface area contributed by atoms with Crippen LogP contribution in [-0.4, -0.2) is 40.3 Å². The quantitative estimate of drug-likeness (QED) is 0.425. The highest BCUT2D eigenvalue weighted by Gasteiger charge is 2.28. The second-order valence-electron chi connectivity index (χ2n) is 6.85. The molecule has 2 heterocycles. The number of hydrogen-bond donors (Lipinski definition) is 1. The maximum Gasteiger partial charge on any atom is 0.194 e. The minimum atomic E-state index is 0. The van der Waals surface area contributed by atoms with Gasteiger partial charge in [-0.05, 0) is 36.8 Å². The van der Waals surface area contributed by atoms with E-state index in [2.05, 4.69) is 59.5 Å². The first kappa shape index (κ1) is 20.7. The van der Waals surface area contributed by atoms with Crippen LogP contribution in [0.15, 0.2) is 47.6 Å². The second-order valence-corrected chi connectivity index (χ2v) is 6.85. The molecule has 1 aliphatic rings. The minimum Gasteiger partial charge on any atom is -0.357 e. The predicted molar refractivity (Wildman–Crippen MR) is 118 cm³/mol. The highest BCUT2D eigenvalue weighted by atomic mass is 127. The lowest BCUT2D eigenvalue weighted by molar-refractivity contribution is 0.234. The number of aliphatic imine (C=N–C) groups is 1. The topological polar surface area (TPSA) is 45.5 Å². The van der Waals surface area contributed by atoms with E-state index in [9.17, 15) is 0 Å². The Morgan fingerprint density at radius 3 is 2.65 bits per heavy atom. The van der Waals surface area contributed by atoms with Crippen molar-refractivity contribution in [2.45, 2.75) is 32.7 Å². The summed E-state index contributed by atoms with van der Waals surface area (Å²) in [6.45, 7) is 8.11. The number of nitrogens with zero attached hydrogens (tertiary/aromatic N) is 4. The summed E-state index contributed by atoms with van der Waals surface area (Å²) in [4.78, 5) is 7.25. The summed E-state index contributed by atoms with van der Waals surface area (Å²) in [7, 11) is 1.96. The van der Waals surface area contributed by atoms with Gasteiger partial charge in [-0.2, -0.15) is 5.10 Å². The van der Waals surface area contributed by atoms with E-state index in [4.69, 9.17) is 4.99 Å². The van der Waals surface area contributed by atoms with Crippen LogP contribution in [0.2, 0.25) is 0 Å². The van der Waals surface area contributed by atoms with E-state index in [1.807, 2.05) is 24.0 Å². The molecule has 142 valence electrons. The van der Waals surface area contributed by atoms with Crippen molar-refractivity contribution in [1.82, 2.24) is 20.0 Å². The van der Waals surface area contributed by atoms with Crippen LogP contribution in [0.3, 0.4) is 0 Å². The van der Waals surface area contributed by atoms with E-state index >= 15 is 0 Å². The first-order valence-electron chi connectivity index (χ1n) is 9.24. The molecule has 1 aromatic carbocycles. The third-order valence-electron chi connectivity index (χ3n) is 5.08. The van der Waals surface area contributed by atoms with E-state index in [-0.39, 0.29) is 24.0 Å². The molecule has 0 saturated carbocycles. The van der Waals surface area contributed by atoms with Gasteiger partial charge in [0.25, 0.3) is 0 Å². The number of aromatic nitrogens is 2. The molecule has 2 aromatic rings. The largest absolute Gasteiger partial charge is 0.357 e.